The second-order valence-electron chi connectivity index (χ2n) is 2.98. The minimum absolute atomic E-state index is 0.558. The molecule has 0 aliphatic rings. The number of hydrogen-bond acceptors (Lipinski definition) is 2. The zero-order valence-corrected chi connectivity index (χ0v) is 8.36. The molecule has 0 N–H and O–H groups in total. The smallest absolute Gasteiger partial charge is 0.139 e. The van der Waals surface area contributed by atoms with Crippen molar-refractivity contribution in [2.75, 3.05) is 6.61 Å². The summed E-state index contributed by atoms with van der Waals surface area (Å²) in [5.74, 6) is 0. The van der Waals surface area contributed by atoms with Gasteiger partial charge < -0.3 is 4.84 Å². The summed E-state index contributed by atoms with van der Waals surface area (Å²) in [5.41, 5.74) is 2.15. The third-order valence-electron chi connectivity index (χ3n) is 1.70. The Hall–Kier alpha value is -1.57. The highest BCUT2D eigenvalue weighted by Gasteiger charge is 1.88. The zero-order chi connectivity index (χ0) is 10.2. The van der Waals surface area contributed by atoms with Gasteiger partial charge in [0.15, 0.2) is 0 Å². The lowest BCUT2D eigenvalue weighted by Crippen LogP contribution is -1.87. The van der Waals surface area contributed by atoms with E-state index in [1.165, 1.54) is 5.56 Å². The maximum atomic E-state index is 4.95. The summed E-state index contributed by atoms with van der Waals surface area (Å²) in [6, 6.07) is 7.94. The van der Waals surface area contributed by atoms with Crippen LogP contribution in [0.15, 0.2) is 42.1 Å². The molecule has 0 aromatic heterocycles. The Morgan fingerprint density at radius 1 is 1.43 bits per heavy atom. The molecule has 0 saturated heterocycles. The van der Waals surface area contributed by atoms with Crippen LogP contribution in [-0.2, 0) is 4.84 Å². The van der Waals surface area contributed by atoms with E-state index in [9.17, 15) is 0 Å². The number of aryl methyl sites for hydroxylation is 1. The van der Waals surface area contributed by atoms with Crippen molar-refractivity contribution >= 4 is 6.21 Å². The standard InChI is InChI=1S/C12H14NO/c1-3-4-9-14-13-10-12-7-5-11(2)6-8-12/h3,5-8H,1,4,9H2,2H3. The maximum absolute atomic E-state index is 4.95. The van der Waals surface area contributed by atoms with Crippen LogP contribution in [0.25, 0.3) is 0 Å². The molecule has 0 unspecified atom stereocenters. The maximum Gasteiger partial charge on any atom is 0.139 e. The van der Waals surface area contributed by atoms with Gasteiger partial charge in [0.05, 0.1) is 0 Å². The van der Waals surface area contributed by atoms with Crippen LogP contribution >= 0.6 is 0 Å². The minimum atomic E-state index is 0.558. The van der Waals surface area contributed by atoms with Gasteiger partial charge in [-0.25, -0.2) is 0 Å². The quantitative estimate of drug-likeness (QED) is 0.301. The number of rotatable bonds is 5. The van der Waals surface area contributed by atoms with E-state index in [0.29, 0.717) is 6.61 Å². The normalized spacial score (nSPS) is 10.4. The van der Waals surface area contributed by atoms with Crippen LogP contribution in [0.3, 0.4) is 0 Å². The molecule has 0 aliphatic carbocycles. The molecule has 1 radical (unpaired) electrons. The molecule has 0 saturated carbocycles. The van der Waals surface area contributed by atoms with Crippen LogP contribution < -0.4 is 0 Å². The predicted molar refractivity (Wildman–Crippen MR) is 58.5 cm³/mol. The molecule has 0 fully saturated rings. The van der Waals surface area contributed by atoms with E-state index in [4.69, 9.17) is 4.84 Å². The van der Waals surface area contributed by atoms with Gasteiger partial charge in [0.1, 0.15) is 12.8 Å². The van der Waals surface area contributed by atoms with Crippen LogP contribution in [0.2, 0.25) is 0 Å². The van der Waals surface area contributed by atoms with Gasteiger partial charge in [-0.05, 0) is 6.92 Å². The Morgan fingerprint density at radius 3 is 2.79 bits per heavy atom. The molecule has 1 aromatic rings. The summed E-state index contributed by atoms with van der Waals surface area (Å²) < 4.78 is 0. The third kappa shape index (κ3) is 3.90. The summed E-state index contributed by atoms with van der Waals surface area (Å²) in [6.45, 7) is 6.19. The first kappa shape index (κ1) is 10.5. The molecule has 73 valence electrons. The first-order chi connectivity index (χ1) is 6.83. The fraction of sp³-hybridized carbons (Fsp3) is 0.250. The van der Waals surface area contributed by atoms with Crippen molar-refractivity contribution in [3.63, 3.8) is 0 Å². The molecular formula is C12H14NO. The zero-order valence-electron chi connectivity index (χ0n) is 8.36. The van der Waals surface area contributed by atoms with Crippen LogP contribution in [0.1, 0.15) is 17.5 Å². The van der Waals surface area contributed by atoms with Gasteiger partial charge in [-0.1, -0.05) is 41.1 Å². The summed E-state index contributed by atoms with van der Waals surface area (Å²) in [6.07, 6.45) is 5.40. The fourth-order valence-corrected chi connectivity index (χ4v) is 0.895. The largest absolute Gasteiger partial charge is 0.395 e. The molecule has 0 aliphatic heterocycles. The predicted octanol–water partition coefficient (Wildman–Crippen LogP) is 2.80. The molecule has 2 nitrogen and oxygen atoms in total. The molecule has 14 heavy (non-hydrogen) atoms. The highest BCUT2D eigenvalue weighted by atomic mass is 16.6. The summed E-state index contributed by atoms with van der Waals surface area (Å²) >= 11 is 0. The van der Waals surface area contributed by atoms with Crippen molar-refractivity contribution in [1.29, 1.82) is 0 Å². The van der Waals surface area contributed by atoms with E-state index in [1.807, 2.05) is 31.2 Å². The van der Waals surface area contributed by atoms with Gasteiger partial charge in [-0.15, -0.1) is 6.58 Å². The number of nitrogens with zero attached hydrogens (tertiary/aromatic N) is 1. The Balaban J connectivity index is 2.36. The molecular weight excluding hydrogens is 174 g/mol. The molecule has 0 bridgehead atoms. The van der Waals surface area contributed by atoms with E-state index in [0.717, 1.165) is 12.0 Å². The first-order valence-corrected chi connectivity index (χ1v) is 4.58. The van der Waals surface area contributed by atoms with Gasteiger partial charge >= 0.3 is 0 Å². The topological polar surface area (TPSA) is 21.6 Å². The Bertz CT molecular complexity index is 301. The lowest BCUT2D eigenvalue weighted by atomic mass is 10.2. The van der Waals surface area contributed by atoms with E-state index < -0.39 is 0 Å². The number of hydrogen-bond donors (Lipinski definition) is 0. The van der Waals surface area contributed by atoms with Gasteiger partial charge in [0.2, 0.25) is 0 Å². The summed E-state index contributed by atoms with van der Waals surface area (Å²) in [7, 11) is 0. The van der Waals surface area contributed by atoms with Gasteiger partial charge in [0.25, 0.3) is 0 Å². The van der Waals surface area contributed by atoms with Crippen LogP contribution in [0.5, 0.6) is 0 Å². The fourth-order valence-electron chi connectivity index (χ4n) is 0.895. The van der Waals surface area contributed by atoms with Gasteiger partial charge in [-0.3, -0.25) is 0 Å². The van der Waals surface area contributed by atoms with Crippen LogP contribution in [-0.4, -0.2) is 12.8 Å². The molecule has 2 heteroatoms. The van der Waals surface area contributed by atoms with Crippen molar-refractivity contribution in [3.05, 3.63) is 48.0 Å². The lowest BCUT2D eigenvalue weighted by Gasteiger charge is -1.95. The summed E-state index contributed by atoms with van der Waals surface area (Å²) in [5, 5.41) is 3.71. The highest BCUT2D eigenvalue weighted by molar-refractivity contribution is 5.79. The van der Waals surface area contributed by atoms with Crippen molar-refractivity contribution in [1.82, 2.24) is 0 Å². The van der Waals surface area contributed by atoms with E-state index in [2.05, 4.69) is 17.9 Å². The van der Waals surface area contributed by atoms with Gasteiger partial charge in [-0.2, -0.15) is 0 Å². The molecule has 0 heterocycles. The summed E-state index contributed by atoms with van der Waals surface area (Å²) in [4.78, 5) is 4.95. The van der Waals surface area contributed by atoms with Crippen molar-refractivity contribution < 1.29 is 4.84 Å². The van der Waals surface area contributed by atoms with Crippen molar-refractivity contribution in [2.45, 2.75) is 13.3 Å². The van der Waals surface area contributed by atoms with E-state index in [1.54, 1.807) is 6.08 Å². The van der Waals surface area contributed by atoms with Crippen molar-refractivity contribution in [3.8, 4) is 0 Å². The molecule has 0 atom stereocenters. The average molecular weight is 188 g/mol. The van der Waals surface area contributed by atoms with Crippen molar-refractivity contribution in [2.24, 2.45) is 5.16 Å². The SMILES string of the molecule is C=CCCON=[C]c1ccc(C)cc1. The average Bonchev–Trinajstić information content (AvgIpc) is 2.21. The third-order valence-corrected chi connectivity index (χ3v) is 1.70. The van der Waals surface area contributed by atoms with Crippen LogP contribution in [0.4, 0.5) is 0 Å². The second-order valence-corrected chi connectivity index (χ2v) is 2.98. The number of benzene rings is 1. The van der Waals surface area contributed by atoms with Gasteiger partial charge in [0, 0.05) is 12.0 Å². The molecule has 1 rings (SSSR count). The lowest BCUT2D eigenvalue weighted by molar-refractivity contribution is 0.151. The van der Waals surface area contributed by atoms with E-state index in [-0.39, 0.29) is 0 Å². The molecule has 1 aromatic carbocycles. The first-order valence-electron chi connectivity index (χ1n) is 4.58. The Labute approximate surface area is 84.9 Å². The monoisotopic (exact) mass is 188 g/mol. The highest BCUT2D eigenvalue weighted by Crippen LogP contribution is 2.00. The molecule has 0 spiro atoms. The minimum Gasteiger partial charge on any atom is -0.395 e. The van der Waals surface area contributed by atoms with Crippen LogP contribution in [0, 0.1) is 6.92 Å². The molecule has 0 amide bonds. The van der Waals surface area contributed by atoms with E-state index >= 15 is 0 Å². The Morgan fingerprint density at radius 2 is 2.14 bits per heavy atom. The second kappa shape index (κ2) is 5.97. The Kier molecular flexibility index (Phi) is 4.48.